The number of carboxylic acid groups (broad SMARTS) is 1. The molecule has 0 saturated heterocycles. The Kier molecular flexibility index (Phi) is 12.7. The van der Waals surface area contributed by atoms with Gasteiger partial charge in [0.05, 0.1) is 6.04 Å². The first-order valence-electron chi connectivity index (χ1n) is 14.8. The number of unbranched alkanes of at least 4 members (excludes halogenated alkanes) is 1. The zero-order chi connectivity index (χ0) is 31.4. The number of amides is 3. The standard InChI is InChI=1S/C32H44N6O5/c1-3-20(2)28(34)31(41)37-26(18-22-19-35-24-14-8-7-13-23(22)24)30(40)36-25(15-9-10-16-33)29(39)38-27(32(42)43)17-21-11-5-4-6-12-21/h4-8,11-14,19-20,25-28,35H,3,9-10,15-18,33-34H2,1-2H3,(H,36,40)(H,37,41)(H,38,39)(H,42,43). The fourth-order valence-corrected chi connectivity index (χ4v) is 4.87. The number of aliphatic carboxylic acids is 1. The van der Waals surface area contributed by atoms with Crippen LogP contribution >= 0.6 is 0 Å². The first-order chi connectivity index (χ1) is 20.6. The summed E-state index contributed by atoms with van der Waals surface area (Å²) >= 11 is 0. The average Bonchev–Trinajstić information content (AvgIpc) is 3.42. The molecule has 1 aromatic heterocycles. The number of rotatable bonds is 17. The molecule has 2 aromatic carbocycles. The number of para-hydroxylation sites is 1. The summed E-state index contributed by atoms with van der Waals surface area (Å²) in [6.07, 6.45) is 4.10. The van der Waals surface area contributed by atoms with Crippen LogP contribution in [0.2, 0.25) is 0 Å². The zero-order valence-electron chi connectivity index (χ0n) is 24.8. The summed E-state index contributed by atoms with van der Waals surface area (Å²) in [6.45, 7) is 4.20. The molecule has 0 bridgehead atoms. The quantitative estimate of drug-likeness (QED) is 0.117. The maximum Gasteiger partial charge on any atom is 0.326 e. The predicted molar refractivity (Wildman–Crippen MR) is 166 cm³/mol. The third kappa shape index (κ3) is 9.65. The van der Waals surface area contributed by atoms with Gasteiger partial charge in [0.1, 0.15) is 18.1 Å². The predicted octanol–water partition coefficient (Wildman–Crippen LogP) is 1.99. The molecular weight excluding hydrogens is 548 g/mol. The Hall–Kier alpha value is -4.22. The molecule has 9 N–H and O–H groups in total. The van der Waals surface area contributed by atoms with Crippen LogP contribution in [0, 0.1) is 5.92 Å². The summed E-state index contributed by atoms with van der Waals surface area (Å²) < 4.78 is 0. The van der Waals surface area contributed by atoms with Crippen molar-refractivity contribution in [2.24, 2.45) is 17.4 Å². The molecular formula is C32H44N6O5. The van der Waals surface area contributed by atoms with E-state index in [0.717, 1.165) is 22.0 Å². The fourth-order valence-electron chi connectivity index (χ4n) is 4.87. The highest BCUT2D eigenvalue weighted by Gasteiger charge is 2.31. The molecule has 11 nitrogen and oxygen atoms in total. The van der Waals surface area contributed by atoms with Crippen LogP contribution in [0.4, 0.5) is 0 Å². The van der Waals surface area contributed by atoms with E-state index in [0.29, 0.717) is 25.8 Å². The molecule has 5 atom stereocenters. The first-order valence-corrected chi connectivity index (χ1v) is 14.8. The molecule has 232 valence electrons. The van der Waals surface area contributed by atoms with Crippen molar-refractivity contribution in [3.63, 3.8) is 0 Å². The molecule has 0 aliphatic rings. The summed E-state index contributed by atoms with van der Waals surface area (Å²) in [5.41, 5.74) is 14.3. The van der Waals surface area contributed by atoms with Gasteiger partial charge in [0, 0.05) is 29.9 Å². The molecule has 3 amide bonds. The number of aromatic nitrogens is 1. The van der Waals surface area contributed by atoms with E-state index in [1.807, 2.05) is 44.2 Å². The van der Waals surface area contributed by atoms with E-state index in [2.05, 4.69) is 20.9 Å². The molecule has 11 heteroatoms. The zero-order valence-corrected chi connectivity index (χ0v) is 24.8. The van der Waals surface area contributed by atoms with E-state index in [-0.39, 0.29) is 25.2 Å². The van der Waals surface area contributed by atoms with Gasteiger partial charge < -0.3 is 37.5 Å². The minimum absolute atomic E-state index is 0.0815. The van der Waals surface area contributed by atoms with Crippen molar-refractivity contribution in [3.8, 4) is 0 Å². The summed E-state index contributed by atoms with van der Waals surface area (Å²) in [6, 6.07) is 12.5. The summed E-state index contributed by atoms with van der Waals surface area (Å²) in [5.74, 6) is -2.95. The Morgan fingerprint density at radius 3 is 2.14 bits per heavy atom. The molecule has 0 aliphatic carbocycles. The van der Waals surface area contributed by atoms with Gasteiger partial charge in [-0.05, 0) is 48.9 Å². The second-order valence-corrected chi connectivity index (χ2v) is 11.0. The number of carbonyl (C=O) groups excluding carboxylic acids is 3. The van der Waals surface area contributed by atoms with Crippen molar-refractivity contribution >= 4 is 34.6 Å². The first kappa shape index (κ1) is 33.3. The van der Waals surface area contributed by atoms with Crippen LogP contribution < -0.4 is 27.4 Å². The van der Waals surface area contributed by atoms with E-state index in [1.165, 1.54) is 0 Å². The maximum absolute atomic E-state index is 13.8. The van der Waals surface area contributed by atoms with Crippen molar-refractivity contribution in [1.29, 1.82) is 0 Å². The van der Waals surface area contributed by atoms with Crippen LogP contribution in [0.5, 0.6) is 0 Å². The normalized spacial score (nSPS) is 14.7. The van der Waals surface area contributed by atoms with Gasteiger partial charge in [-0.25, -0.2) is 4.79 Å². The van der Waals surface area contributed by atoms with Gasteiger partial charge in [-0.15, -0.1) is 0 Å². The molecule has 3 aromatic rings. The SMILES string of the molecule is CCC(C)C(N)C(=O)NC(Cc1c[nH]c2ccccc12)C(=O)NC(CCCCN)C(=O)NC(Cc1ccccc1)C(=O)O. The number of H-pyrrole nitrogens is 1. The van der Waals surface area contributed by atoms with Crippen molar-refractivity contribution < 1.29 is 24.3 Å². The van der Waals surface area contributed by atoms with Crippen LogP contribution in [0.3, 0.4) is 0 Å². The van der Waals surface area contributed by atoms with E-state index in [4.69, 9.17) is 11.5 Å². The number of aromatic amines is 1. The maximum atomic E-state index is 13.8. The van der Waals surface area contributed by atoms with Crippen molar-refractivity contribution in [2.45, 2.75) is 76.5 Å². The van der Waals surface area contributed by atoms with E-state index in [1.54, 1.807) is 30.5 Å². The fraction of sp³-hybridized carbons (Fsp3) is 0.438. The minimum Gasteiger partial charge on any atom is -0.480 e. The Morgan fingerprint density at radius 2 is 1.47 bits per heavy atom. The minimum atomic E-state index is -1.20. The van der Waals surface area contributed by atoms with Gasteiger partial charge in [-0.1, -0.05) is 68.8 Å². The number of carbonyl (C=O) groups is 4. The summed E-state index contributed by atoms with van der Waals surface area (Å²) in [4.78, 5) is 55.5. The molecule has 0 aliphatic heterocycles. The number of fused-ring (bicyclic) bond motifs is 1. The molecule has 0 radical (unpaired) electrons. The third-order valence-corrected chi connectivity index (χ3v) is 7.77. The van der Waals surface area contributed by atoms with Crippen molar-refractivity contribution in [2.75, 3.05) is 6.54 Å². The van der Waals surface area contributed by atoms with Gasteiger partial charge in [-0.2, -0.15) is 0 Å². The lowest BCUT2D eigenvalue weighted by Crippen LogP contribution is -2.58. The molecule has 0 fully saturated rings. The smallest absolute Gasteiger partial charge is 0.326 e. The largest absolute Gasteiger partial charge is 0.480 e. The third-order valence-electron chi connectivity index (χ3n) is 7.77. The van der Waals surface area contributed by atoms with E-state index in [9.17, 15) is 24.3 Å². The number of hydrogen-bond donors (Lipinski definition) is 7. The monoisotopic (exact) mass is 592 g/mol. The van der Waals surface area contributed by atoms with Gasteiger partial charge in [0.2, 0.25) is 17.7 Å². The van der Waals surface area contributed by atoms with E-state index >= 15 is 0 Å². The number of nitrogens with two attached hydrogens (primary N) is 2. The van der Waals surface area contributed by atoms with Crippen LogP contribution in [0.25, 0.3) is 10.9 Å². The van der Waals surface area contributed by atoms with Crippen LogP contribution in [-0.4, -0.2) is 64.5 Å². The Labute approximate surface area is 252 Å². The van der Waals surface area contributed by atoms with Crippen LogP contribution in [-0.2, 0) is 32.0 Å². The lowest BCUT2D eigenvalue weighted by atomic mass is 9.98. The van der Waals surface area contributed by atoms with Gasteiger partial charge >= 0.3 is 5.97 Å². The lowest BCUT2D eigenvalue weighted by Gasteiger charge is -2.26. The number of benzene rings is 2. The van der Waals surface area contributed by atoms with Crippen molar-refractivity contribution in [1.82, 2.24) is 20.9 Å². The van der Waals surface area contributed by atoms with Gasteiger partial charge in [-0.3, -0.25) is 14.4 Å². The molecule has 0 saturated carbocycles. The highest BCUT2D eigenvalue weighted by molar-refractivity contribution is 5.95. The molecule has 5 unspecified atom stereocenters. The highest BCUT2D eigenvalue weighted by atomic mass is 16.4. The molecule has 43 heavy (non-hydrogen) atoms. The second-order valence-electron chi connectivity index (χ2n) is 11.0. The Balaban J connectivity index is 1.83. The number of carboxylic acids is 1. The Bertz CT molecular complexity index is 1360. The molecule has 3 rings (SSSR count). The van der Waals surface area contributed by atoms with Crippen LogP contribution in [0.1, 0.15) is 50.7 Å². The molecule has 1 heterocycles. The summed E-state index contributed by atoms with van der Waals surface area (Å²) in [5, 5.41) is 18.9. The van der Waals surface area contributed by atoms with Gasteiger partial charge in [0.25, 0.3) is 0 Å². The van der Waals surface area contributed by atoms with Crippen LogP contribution in [0.15, 0.2) is 60.8 Å². The average molecular weight is 593 g/mol. The summed E-state index contributed by atoms with van der Waals surface area (Å²) in [7, 11) is 0. The number of nitrogens with one attached hydrogen (secondary N) is 4. The highest BCUT2D eigenvalue weighted by Crippen LogP contribution is 2.20. The van der Waals surface area contributed by atoms with Gasteiger partial charge in [0.15, 0.2) is 0 Å². The Morgan fingerprint density at radius 1 is 0.837 bits per heavy atom. The topological polar surface area (TPSA) is 192 Å². The van der Waals surface area contributed by atoms with Crippen molar-refractivity contribution in [3.05, 3.63) is 71.9 Å². The molecule has 0 spiro atoms. The second kappa shape index (κ2) is 16.4. The van der Waals surface area contributed by atoms with E-state index < -0.39 is 47.9 Å². The number of hydrogen-bond acceptors (Lipinski definition) is 6. The lowest BCUT2D eigenvalue weighted by molar-refractivity contribution is -0.142.